The normalized spacial score (nSPS) is 18.5. The summed E-state index contributed by atoms with van der Waals surface area (Å²) in [7, 11) is -1.58. The van der Waals surface area contributed by atoms with Gasteiger partial charge in [0.1, 0.15) is 0 Å². The molecule has 1 rings (SSSR count). The first kappa shape index (κ1) is 16.9. The molecule has 19 heavy (non-hydrogen) atoms. The number of nitrogens with one attached hydrogen (secondary N) is 2. The van der Waals surface area contributed by atoms with Crippen LogP contribution in [0, 0.1) is 5.41 Å². The summed E-state index contributed by atoms with van der Waals surface area (Å²) in [5.41, 5.74) is -0.0906. The molecule has 0 spiro atoms. The van der Waals surface area contributed by atoms with Gasteiger partial charge >= 0.3 is 0 Å². The van der Waals surface area contributed by atoms with Crippen molar-refractivity contribution in [2.45, 2.75) is 51.3 Å². The number of ether oxygens (including phenoxy) is 1. The minimum absolute atomic E-state index is 0.0906. The average Bonchev–Trinajstić information content (AvgIpc) is 3.15. The van der Waals surface area contributed by atoms with E-state index in [4.69, 9.17) is 4.74 Å². The van der Waals surface area contributed by atoms with Gasteiger partial charge in [0.2, 0.25) is 10.0 Å². The summed E-state index contributed by atoms with van der Waals surface area (Å²) in [6.07, 6.45) is 3.18. The van der Waals surface area contributed by atoms with Gasteiger partial charge in [-0.1, -0.05) is 13.8 Å². The molecule has 0 amide bonds. The third-order valence-corrected chi connectivity index (χ3v) is 5.31. The van der Waals surface area contributed by atoms with Crippen LogP contribution in [0.1, 0.15) is 40.0 Å². The summed E-state index contributed by atoms with van der Waals surface area (Å²) < 4.78 is 32.0. The Hall–Kier alpha value is -0.170. The third-order valence-electron chi connectivity index (χ3n) is 3.54. The van der Waals surface area contributed by atoms with Gasteiger partial charge in [0.25, 0.3) is 0 Å². The van der Waals surface area contributed by atoms with Crippen molar-refractivity contribution in [1.29, 1.82) is 0 Å². The Morgan fingerprint density at radius 1 is 1.37 bits per heavy atom. The maximum Gasteiger partial charge on any atom is 0.215 e. The first-order valence-corrected chi connectivity index (χ1v) is 8.52. The molecule has 0 bridgehead atoms. The van der Waals surface area contributed by atoms with Crippen LogP contribution < -0.4 is 10.0 Å². The van der Waals surface area contributed by atoms with Gasteiger partial charge in [0.05, 0.1) is 5.25 Å². The molecular formula is C13H28N2O3S. The molecule has 5 nitrogen and oxygen atoms in total. The van der Waals surface area contributed by atoms with E-state index in [-0.39, 0.29) is 5.41 Å². The van der Waals surface area contributed by atoms with Crippen molar-refractivity contribution in [3.8, 4) is 0 Å². The minimum Gasteiger partial charge on any atom is -0.385 e. The second-order valence-corrected chi connectivity index (χ2v) is 8.45. The molecule has 1 saturated carbocycles. The SMILES string of the molecule is COCCC(C)(C)CNS(=O)(=O)C(C)CNC1CC1. The molecule has 0 aromatic rings. The Morgan fingerprint density at radius 2 is 2.00 bits per heavy atom. The van der Waals surface area contributed by atoms with E-state index in [2.05, 4.69) is 10.0 Å². The highest BCUT2D eigenvalue weighted by Crippen LogP contribution is 2.20. The van der Waals surface area contributed by atoms with Gasteiger partial charge in [0.15, 0.2) is 0 Å². The maximum absolute atomic E-state index is 12.1. The first-order chi connectivity index (χ1) is 8.77. The van der Waals surface area contributed by atoms with E-state index in [1.807, 2.05) is 13.8 Å². The van der Waals surface area contributed by atoms with Crippen molar-refractivity contribution in [2.75, 3.05) is 26.8 Å². The average molecular weight is 292 g/mol. The lowest BCUT2D eigenvalue weighted by Gasteiger charge is -2.25. The van der Waals surface area contributed by atoms with Gasteiger partial charge in [0, 0.05) is 32.8 Å². The predicted octanol–water partition coefficient (Wildman–Crippen LogP) is 1.11. The smallest absolute Gasteiger partial charge is 0.215 e. The lowest BCUT2D eigenvalue weighted by atomic mass is 9.90. The fraction of sp³-hybridized carbons (Fsp3) is 1.00. The van der Waals surface area contributed by atoms with Crippen molar-refractivity contribution in [3.63, 3.8) is 0 Å². The Labute approximate surface area is 117 Å². The Morgan fingerprint density at radius 3 is 2.53 bits per heavy atom. The van der Waals surface area contributed by atoms with Gasteiger partial charge in [-0.15, -0.1) is 0 Å². The van der Waals surface area contributed by atoms with E-state index < -0.39 is 15.3 Å². The number of sulfonamides is 1. The molecule has 0 saturated heterocycles. The molecule has 0 aromatic heterocycles. The van der Waals surface area contributed by atoms with E-state index in [9.17, 15) is 8.42 Å². The zero-order chi connectivity index (χ0) is 14.5. The first-order valence-electron chi connectivity index (χ1n) is 6.98. The second-order valence-electron chi connectivity index (χ2n) is 6.27. The van der Waals surface area contributed by atoms with E-state index >= 15 is 0 Å². The van der Waals surface area contributed by atoms with Gasteiger partial charge in [-0.3, -0.25) is 0 Å². The molecule has 1 atom stereocenters. The second kappa shape index (κ2) is 7.02. The van der Waals surface area contributed by atoms with Gasteiger partial charge in [-0.05, 0) is 31.6 Å². The van der Waals surface area contributed by atoms with Crippen LogP contribution in [0.2, 0.25) is 0 Å². The molecule has 114 valence electrons. The monoisotopic (exact) mass is 292 g/mol. The van der Waals surface area contributed by atoms with Gasteiger partial charge in [-0.2, -0.15) is 0 Å². The van der Waals surface area contributed by atoms with Crippen molar-refractivity contribution >= 4 is 10.0 Å². The largest absolute Gasteiger partial charge is 0.385 e. The van der Waals surface area contributed by atoms with Gasteiger partial charge in [-0.25, -0.2) is 13.1 Å². The summed E-state index contributed by atoms with van der Waals surface area (Å²) in [5.74, 6) is 0. The third kappa shape index (κ3) is 6.70. The van der Waals surface area contributed by atoms with Crippen LogP contribution in [0.15, 0.2) is 0 Å². The highest BCUT2D eigenvalue weighted by atomic mass is 32.2. The molecule has 6 heteroatoms. The molecular weight excluding hydrogens is 264 g/mol. The standard InChI is InChI=1S/C13H28N2O3S/c1-11(9-14-12-5-6-12)19(16,17)15-10-13(2,3)7-8-18-4/h11-12,14-15H,5-10H2,1-4H3. The lowest BCUT2D eigenvalue weighted by molar-refractivity contribution is 0.153. The van der Waals surface area contributed by atoms with Crippen LogP contribution in [0.4, 0.5) is 0 Å². The Balaban J connectivity index is 2.35. The Bertz CT molecular complexity index is 364. The quantitative estimate of drug-likeness (QED) is 0.633. The van der Waals surface area contributed by atoms with Crippen LogP contribution in [-0.4, -0.2) is 46.5 Å². The fourth-order valence-corrected chi connectivity index (χ4v) is 2.83. The highest BCUT2D eigenvalue weighted by Gasteiger charge is 2.27. The maximum atomic E-state index is 12.1. The van der Waals surface area contributed by atoms with Crippen LogP contribution in [0.25, 0.3) is 0 Å². The van der Waals surface area contributed by atoms with E-state index in [1.165, 1.54) is 12.8 Å². The molecule has 1 unspecified atom stereocenters. The zero-order valence-electron chi connectivity index (χ0n) is 12.5. The summed E-state index contributed by atoms with van der Waals surface area (Å²) in [6.45, 7) is 7.46. The van der Waals surface area contributed by atoms with Crippen LogP contribution >= 0.6 is 0 Å². The van der Waals surface area contributed by atoms with Crippen molar-refractivity contribution in [3.05, 3.63) is 0 Å². The summed E-state index contributed by atoms with van der Waals surface area (Å²) in [4.78, 5) is 0. The topological polar surface area (TPSA) is 67.4 Å². The number of rotatable bonds is 10. The van der Waals surface area contributed by atoms with E-state index in [0.717, 1.165) is 6.42 Å². The Kier molecular flexibility index (Phi) is 6.23. The fourth-order valence-electron chi connectivity index (χ4n) is 1.63. The molecule has 0 aromatic carbocycles. The van der Waals surface area contributed by atoms with Crippen LogP contribution in [-0.2, 0) is 14.8 Å². The number of methoxy groups -OCH3 is 1. The molecule has 1 aliphatic carbocycles. The minimum atomic E-state index is -3.24. The number of hydrogen-bond acceptors (Lipinski definition) is 4. The summed E-state index contributed by atoms with van der Waals surface area (Å²) >= 11 is 0. The zero-order valence-corrected chi connectivity index (χ0v) is 13.3. The van der Waals surface area contributed by atoms with Gasteiger partial charge < -0.3 is 10.1 Å². The van der Waals surface area contributed by atoms with Crippen molar-refractivity contribution < 1.29 is 13.2 Å². The molecule has 1 fully saturated rings. The highest BCUT2D eigenvalue weighted by molar-refractivity contribution is 7.90. The molecule has 2 N–H and O–H groups in total. The number of hydrogen-bond donors (Lipinski definition) is 2. The van der Waals surface area contributed by atoms with Crippen molar-refractivity contribution in [1.82, 2.24) is 10.0 Å². The van der Waals surface area contributed by atoms with E-state index in [0.29, 0.717) is 25.7 Å². The molecule has 0 heterocycles. The molecule has 0 radical (unpaired) electrons. The molecule has 0 aliphatic heterocycles. The van der Waals surface area contributed by atoms with Crippen LogP contribution in [0.5, 0.6) is 0 Å². The van der Waals surface area contributed by atoms with Crippen LogP contribution in [0.3, 0.4) is 0 Å². The molecule has 1 aliphatic rings. The predicted molar refractivity (Wildman–Crippen MR) is 77.7 cm³/mol. The lowest BCUT2D eigenvalue weighted by Crippen LogP contribution is -2.43. The summed E-state index contributed by atoms with van der Waals surface area (Å²) in [5, 5.41) is 2.86. The summed E-state index contributed by atoms with van der Waals surface area (Å²) in [6, 6.07) is 0.538. The van der Waals surface area contributed by atoms with E-state index in [1.54, 1.807) is 14.0 Å². The van der Waals surface area contributed by atoms with Crippen molar-refractivity contribution in [2.24, 2.45) is 5.41 Å².